The molecule has 0 spiro atoms. The quantitative estimate of drug-likeness (QED) is 0.166. The van der Waals surface area contributed by atoms with Crippen molar-refractivity contribution in [1.82, 2.24) is 4.40 Å². The van der Waals surface area contributed by atoms with Crippen molar-refractivity contribution in [2.45, 2.75) is 105 Å². The van der Waals surface area contributed by atoms with Crippen LogP contribution in [0.1, 0.15) is 105 Å². The zero-order valence-electron chi connectivity index (χ0n) is 43.2. The summed E-state index contributed by atoms with van der Waals surface area (Å²) in [5.74, 6) is 0. The molecule has 0 N–H and O–H groups in total. The largest absolute Gasteiger partial charge is 0.439 e. The lowest BCUT2D eigenvalue weighted by Crippen LogP contribution is -2.14. The molecule has 71 heavy (non-hydrogen) atoms. The van der Waals surface area contributed by atoms with Crippen LogP contribution in [0.3, 0.4) is 0 Å². The minimum Gasteiger partial charge on any atom is -0.439 e. The molecule has 0 aliphatic carbocycles. The molecule has 0 amide bonds. The maximum absolute atomic E-state index is 7.06. The highest BCUT2D eigenvalue weighted by Gasteiger charge is 2.28. The first kappa shape index (κ1) is 44.7. The van der Waals surface area contributed by atoms with E-state index in [0.717, 1.165) is 105 Å². The van der Waals surface area contributed by atoms with Gasteiger partial charge in [0, 0.05) is 61.7 Å². The third-order valence-electron chi connectivity index (χ3n) is 15.0. The molecule has 4 aromatic heterocycles. The predicted molar refractivity (Wildman–Crippen MR) is 302 cm³/mol. The smallest absolute Gasteiger partial charge is 0.216 e. The molecule has 0 saturated carbocycles. The van der Waals surface area contributed by atoms with Gasteiger partial charge in [-0.25, -0.2) is 4.40 Å². The van der Waals surface area contributed by atoms with E-state index in [-0.39, 0.29) is 21.7 Å². The van der Waals surface area contributed by atoms with Gasteiger partial charge < -0.3 is 18.6 Å². The molecular weight excluding hydrogens is 867 g/mol. The van der Waals surface area contributed by atoms with E-state index < -0.39 is 0 Å². The van der Waals surface area contributed by atoms with E-state index in [1.807, 2.05) is 0 Å². The molecular formula is C66H63N3O2. The van der Waals surface area contributed by atoms with Crippen LogP contribution in [-0.2, 0) is 21.7 Å². The molecule has 0 radical (unpaired) electrons. The average Bonchev–Trinajstić information content (AvgIpc) is 4.06. The zero-order valence-corrected chi connectivity index (χ0v) is 43.2. The number of furan rings is 2. The van der Waals surface area contributed by atoms with Gasteiger partial charge in [0.05, 0.1) is 16.3 Å². The van der Waals surface area contributed by atoms with Crippen LogP contribution in [0, 0.1) is 0 Å². The second-order valence-electron chi connectivity index (χ2n) is 24.0. The van der Waals surface area contributed by atoms with E-state index in [0.29, 0.717) is 0 Å². The number of anilines is 6. The highest BCUT2D eigenvalue weighted by atomic mass is 16.4. The van der Waals surface area contributed by atoms with Gasteiger partial charge >= 0.3 is 0 Å². The van der Waals surface area contributed by atoms with Crippen LogP contribution in [0.25, 0.3) is 71.2 Å². The van der Waals surface area contributed by atoms with Crippen LogP contribution in [0.2, 0.25) is 0 Å². The highest BCUT2D eigenvalue weighted by Crippen LogP contribution is 2.48. The third-order valence-corrected chi connectivity index (χ3v) is 15.0. The fourth-order valence-corrected chi connectivity index (χ4v) is 10.8. The van der Waals surface area contributed by atoms with E-state index >= 15 is 0 Å². The summed E-state index contributed by atoms with van der Waals surface area (Å²) in [7, 11) is 0. The lowest BCUT2D eigenvalue weighted by molar-refractivity contribution is 0.590. The molecule has 5 nitrogen and oxygen atoms in total. The Morgan fingerprint density at radius 2 is 0.690 bits per heavy atom. The molecule has 354 valence electrons. The van der Waals surface area contributed by atoms with E-state index in [4.69, 9.17) is 8.83 Å². The molecule has 0 fully saturated rings. The van der Waals surface area contributed by atoms with Crippen molar-refractivity contribution in [3.63, 3.8) is 0 Å². The van der Waals surface area contributed by atoms with E-state index in [2.05, 4.69) is 261 Å². The first-order valence-corrected chi connectivity index (χ1v) is 25.2. The van der Waals surface area contributed by atoms with Crippen molar-refractivity contribution in [3.05, 3.63) is 186 Å². The third kappa shape index (κ3) is 7.34. The Labute approximate surface area is 417 Å². The number of hydrogen-bond donors (Lipinski definition) is 0. The number of benzene rings is 8. The van der Waals surface area contributed by atoms with Crippen molar-refractivity contribution >= 4 is 105 Å². The molecule has 0 atom stereocenters. The van der Waals surface area contributed by atoms with Crippen molar-refractivity contribution in [3.8, 4) is 0 Å². The summed E-state index contributed by atoms with van der Waals surface area (Å²) in [4.78, 5) is 4.72. The Morgan fingerprint density at radius 3 is 1.11 bits per heavy atom. The standard InChI is InChI=1S/C66H63N3O2/c1-63(2,3)42-17-26-46(27-18-42)67(47-28-19-43(20-29-47)64(4,5)6)50-25-16-40-38-56-55(37-41(40)36-50)59-54-15-13-14-53-58-52-35-34-51(39-57(52)71-61(58)69(60(53)54)62(59)70-56)68(48-30-21-44(22-31-48)65(7,8)9)49-32-23-45(24-33-49)66(10,11)12/h13-39H,1-12H3. The summed E-state index contributed by atoms with van der Waals surface area (Å²) in [6.07, 6.45) is 0. The van der Waals surface area contributed by atoms with Crippen molar-refractivity contribution in [1.29, 1.82) is 0 Å². The molecule has 4 heterocycles. The van der Waals surface area contributed by atoms with Crippen LogP contribution >= 0.6 is 0 Å². The van der Waals surface area contributed by atoms with Crippen LogP contribution in [-0.4, -0.2) is 4.40 Å². The molecule has 0 aliphatic rings. The van der Waals surface area contributed by atoms with Gasteiger partial charge in [0.2, 0.25) is 11.4 Å². The van der Waals surface area contributed by atoms with Crippen LogP contribution in [0.15, 0.2) is 173 Å². The fraction of sp³-hybridized carbons (Fsp3) is 0.242. The van der Waals surface area contributed by atoms with Gasteiger partial charge in [-0.1, -0.05) is 156 Å². The molecule has 8 aromatic carbocycles. The summed E-state index contributed by atoms with van der Waals surface area (Å²) < 4.78 is 16.3. The van der Waals surface area contributed by atoms with Crippen LogP contribution in [0.4, 0.5) is 34.1 Å². The number of nitrogens with zero attached hydrogens (tertiary/aromatic N) is 3. The topological polar surface area (TPSA) is 37.2 Å². The van der Waals surface area contributed by atoms with Crippen LogP contribution < -0.4 is 9.80 Å². The van der Waals surface area contributed by atoms with Gasteiger partial charge in [0.1, 0.15) is 11.2 Å². The zero-order chi connectivity index (χ0) is 49.5. The molecule has 0 aliphatic heterocycles. The number of rotatable bonds is 6. The second kappa shape index (κ2) is 15.5. The van der Waals surface area contributed by atoms with Gasteiger partial charge in [-0.2, -0.15) is 0 Å². The monoisotopic (exact) mass is 929 g/mol. The molecule has 5 heteroatoms. The summed E-state index contributed by atoms with van der Waals surface area (Å²) >= 11 is 0. The molecule has 12 rings (SSSR count). The second-order valence-corrected chi connectivity index (χ2v) is 24.0. The first-order chi connectivity index (χ1) is 33.7. The number of para-hydroxylation sites is 1. The minimum atomic E-state index is 0.0509. The fourth-order valence-electron chi connectivity index (χ4n) is 10.8. The molecule has 0 saturated heterocycles. The molecule has 0 unspecified atom stereocenters. The maximum atomic E-state index is 7.06. The minimum absolute atomic E-state index is 0.0509. The number of hydrogen-bond acceptors (Lipinski definition) is 4. The number of fused-ring (bicyclic) bond motifs is 11. The lowest BCUT2D eigenvalue weighted by atomic mass is 9.86. The molecule has 12 aromatic rings. The Balaban J connectivity index is 0.997. The Kier molecular flexibility index (Phi) is 9.76. The van der Waals surface area contributed by atoms with E-state index in [9.17, 15) is 0 Å². The Hall–Kier alpha value is -7.50. The van der Waals surface area contributed by atoms with Gasteiger partial charge in [0.25, 0.3) is 0 Å². The predicted octanol–water partition coefficient (Wildman–Crippen LogP) is 19.6. The SMILES string of the molecule is CC(C)(C)c1ccc(N(c2ccc(C(C)(C)C)cc2)c2ccc3cc4oc5c(c4cc3c2)c2cccc3c4c6ccc(N(c7ccc(C(C)(C)C)cc7)c7ccc(C(C)(C)C)cc7)cc6oc4n5c32)cc1. The lowest BCUT2D eigenvalue weighted by Gasteiger charge is -2.28. The summed E-state index contributed by atoms with van der Waals surface area (Å²) in [5, 5.41) is 8.97. The Bertz CT molecular complexity index is 3870. The highest BCUT2D eigenvalue weighted by molar-refractivity contribution is 6.31. The van der Waals surface area contributed by atoms with Gasteiger partial charge in [0.15, 0.2) is 0 Å². The van der Waals surface area contributed by atoms with Gasteiger partial charge in [-0.15, -0.1) is 0 Å². The average molecular weight is 930 g/mol. The van der Waals surface area contributed by atoms with Crippen LogP contribution in [0.5, 0.6) is 0 Å². The summed E-state index contributed by atoms with van der Waals surface area (Å²) in [6, 6.07) is 60.8. The van der Waals surface area contributed by atoms with Crippen molar-refractivity contribution in [2.24, 2.45) is 0 Å². The number of aromatic nitrogens is 1. The van der Waals surface area contributed by atoms with Gasteiger partial charge in [-0.3, -0.25) is 0 Å². The normalized spacial score (nSPS) is 13.1. The summed E-state index contributed by atoms with van der Waals surface area (Å²) in [6.45, 7) is 27.2. The van der Waals surface area contributed by atoms with Crippen molar-refractivity contribution in [2.75, 3.05) is 9.80 Å². The van der Waals surface area contributed by atoms with Crippen molar-refractivity contribution < 1.29 is 8.83 Å². The Morgan fingerprint density at radius 1 is 0.324 bits per heavy atom. The summed E-state index contributed by atoms with van der Waals surface area (Å²) in [5.41, 5.74) is 16.4. The first-order valence-electron chi connectivity index (χ1n) is 25.2. The molecule has 0 bridgehead atoms. The maximum Gasteiger partial charge on any atom is 0.216 e. The van der Waals surface area contributed by atoms with Gasteiger partial charge in [-0.05, 0) is 140 Å². The van der Waals surface area contributed by atoms with E-state index in [1.165, 1.54) is 22.3 Å². The van der Waals surface area contributed by atoms with E-state index in [1.54, 1.807) is 0 Å².